The molecule has 3 aromatic rings. The summed E-state index contributed by atoms with van der Waals surface area (Å²) < 4.78 is 1.87. The smallest absolute Gasteiger partial charge is 0.356 e. The van der Waals surface area contributed by atoms with Crippen LogP contribution in [0.3, 0.4) is 0 Å². The van der Waals surface area contributed by atoms with Gasteiger partial charge in [0.05, 0.1) is 12.1 Å². The Labute approximate surface area is 155 Å². The number of carboxylic acids is 1. The average Bonchev–Trinajstić information content (AvgIpc) is 3.27. The number of aromatic carboxylic acids is 1. The fourth-order valence-electron chi connectivity index (χ4n) is 3.95. The third-order valence-electron chi connectivity index (χ3n) is 5.57. The number of nitrogens with zero attached hydrogens (tertiary/aromatic N) is 3. The molecule has 7 heteroatoms. The molecule has 1 fully saturated rings. The molecule has 0 atom stereocenters. The number of aromatic amines is 1. The molecule has 138 valence electrons. The predicted octanol–water partition coefficient (Wildman–Crippen LogP) is 2.67. The van der Waals surface area contributed by atoms with E-state index in [0.29, 0.717) is 36.6 Å². The van der Waals surface area contributed by atoms with E-state index in [1.54, 1.807) is 11.1 Å². The van der Waals surface area contributed by atoms with Gasteiger partial charge in [-0.1, -0.05) is 18.2 Å². The first-order valence-electron chi connectivity index (χ1n) is 9.29. The van der Waals surface area contributed by atoms with Crippen LogP contribution >= 0.6 is 0 Å². The Hall–Kier alpha value is -3.09. The summed E-state index contributed by atoms with van der Waals surface area (Å²) in [6.07, 6.45) is 4.73. The minimum Gasteiger partial charge on any atom is -0.476 e. The van der Waals surface area contributed by atoms with Crippen molar-refractivity contribution in [3.8, 4) is 0 Å². The van der Waals surface area contributed by atoms with Crippen molar-refractivity contribution in [2.45, 2.75) is 32.4 Å². The number of H-pyrrole nitrogens is 1. The molecule has 1 aromatic carbocycles. The summed E-state index contributed by atoms with van der Waals surface area (Å²) in [6.45, 7) is 1.65. The van der Waals surface area contributed by atoms with E-state index in [2.05, 4.69) is 10.1 Å². The molecular weight excluding hydrogens is 344 g/mol. The van der Waals surface area contributed by atoms with Gasteiger partial charge in [0.1, 0.15) is 0 Å². The molecule has 1 amide bonds. The first kappa shape index (κ1) is 16.1. The summed E-state index contributed by atoms with van der Waals surface area (Å²) in [5, 5.41) is 14.8. The lowest BCUT2D eigenvalue weighted by Crippen LogP contribution is -2.36. The molecule has 1 saturated carbocycles. The van der Waals surface area contributed by atoms with Gasteiger partial charge in [0.25, 0.3) is 5.91 Å². The largest absolute Gasteiger partial charge is 0.476 e. The maximum atomic E-state index is 13.1. The van der Waals surface area contributed by atoms with Crippen LogP contribution in [0.15, 0.2) is 30.5 Å². The zero-order valence-electron chi connectivity index (χ0n) is 14.8. The van der Waals surface area contributed by atoms with Crippen molar-refractivity contribution in [2.24, 2.45) is 5.92 Å². The molecule has 0 unspecified atom stereocenters. The van der Waals surface area contributed by atoms with Gasteiger partial charge >= 0.3 is 5.97 Å². The van der Waals surface area contributed by atoms with Crippen LogP contribution in [0.1, 0.15) is 44.9 Å². The van der Waals surface area contributed by atoms with Crippen LogP contribution < -0.4 is 0 Å². The standard InChI is InChI=1S/C20H20N4O3/c25-19(14-9-21-16-4-2-1-3-13(14)16)23-8-7-17-15(11-23)18(20(26)27)22-24(17)10-12-5-6-12/h1-4,9,12,21H,5-8,10-11H2,(H,26,27). The highest BCUT2D eigenvalue weighted by molar-refractivity contribution is 6.06. The third kappa shape index (κ3) is 2.70. The van der Waals surface area contributed by atoms with E-state index in [4.69, 9.17) is 0 Å². The maximum Gasteiger partial charge on any atom is 0.356 e. The highest BCUT2D eigenvalue weighted by atomic mass is 16.4. The average molecular weight is 364 g/mol. The van der Waals surface area contributed by atoms with E-state index >= 15 is 0 Å². The number of carbonyl (C=O) groups is 2. The van der Waals surface area contributed by atoms with E-state index in [-0.39, 0.29) is 11.6 Å². The number of amides is 1. The lowest BCUT2D eigenvalue weighted by atomic mass is 10.0. The van der Waals surface area contributed by atoms with E-state index in [9.17, 15) is 14.7 Å². The number of fused-ring (bicyclic) bond motifs is 2. The van der Waals surface area contributed by atoms with E-state index in [1.165, 1.54) is 12.8 Å². The number of benzene rings is 1. The summed E-state index contributed by atoms with van der Waals surface area (Å²) >= 11 is 0. The lowest BCUT2D eigenvalue weighted by molar-refractivity contribution is 0.0674. The second-order valence-electron chi connectivity index (χ2n) is 7.43. The molecule has 7 nitrogen and oxygen atoms in total. The summed E-state index contributed by atoms with van der Waals surface area (Å²) in [5.41, 5.74) is 3.28. The fraction of sp³-hybridized carbons (Fsp3) is 0.350. The van der Waals surface area contributed by atoms with Crippen molar-refractivity contribution in [2.75, 3.05) is 6.54 Å². The molecule has 0 saturated heterocycles. The predicted molar refractivity (Wildman–Crippen MR) is 98.7 cm³/mol. The molecule has 3 heterocycles. The summed E-state index contributed by atoms with van der Waals surface area (Å²) in [4.78, 5) is 29.6. The molecular formula is C20H20N4O3. The zero-order valence-corrected chi connectivity index (χ0v) is 14.8. The Morgan fingerprint density at radius 3 is 2.85 bits per heavy atom. The van der Waals surface area contributed by atoms with Gasteiger partial charge in [-0.3, -0.25) is 9.48 Å². The van der Waals surface area contributed by atoms with Crippen molar-refractivity contribution in [3.63, 3.8) is 0 Å². The van der Waals surface area contributed by atoms with Gasteiger partial charge < -0.3 is 15.0 Å². The quantitative estimate of drug-likeness (QED) is 0.745. The monoisotopic (exact) mass is 364 g/mol. The Kier molecular flexibility index (Phi) is 3.56. The molecule has 1 aliphatic carbocycles. The van der Waals surface area contributed by atoms with E-state index in [0.717, 1.165) is 23.1 Å². The number of nitrogens with one attached hydrogen (secondary N) is 1. The number of hydrogen-bond donors (Lipinski definition) is 2. The zero-order chi connectivity index (χ0) is 18.5. The van der Waals surface area contributed by atoms with Crippen LogP contribution in [0.25, 0.3) is 10.9 Å². The number of aromatic nitrogens is 3. The normalized spacial score (nSPS) is 16.5. The minimum absolute atomic E-state index is 0.0793. The second-order valence-corrected chi connectivity index (χ2v) is 7.43. The highest BCUT2D eigenvalue weighted by Crippen LogP contribution is 2.33. The number of para-hydroxylation sites is 1. The van der Waals surface area contributed by atoms with E-state index in [1.807, 2.05) is 28.9 Å². The van der Waals surface area contributed by atoms with Gasteiger partial charge in [0.15, 0.2) is 5.69 Å². The van der Waals surface area contributed by atoms with Crippen molar-refractivity contribution >= 4 is 22.8 Å². The van der Waals surface area contributed by atoms with Crippen molar-refractivity contribution in [3.05, 3.63) is 53.0 Å². The molecule has 2 aromatic heterocycles. The van der Waals surface area contributed by atoms with Crippen molar-refractivity contribution in [1.29, 1.82) is 0 Å². The topological polar surface area (TPSA) is 91.2 Å². The van der Waals surface area contributed by atoms with Crippen molar-refractivity contribution < 1.29 is 14.7 Å². The van der Waals surface area contributed by atoms with Crippen LogP contribution in [0.4, 0.5) is 0 Å². The third-order valence-corrected chi connectivity index (χ3v) is 5.57. The molecule has 2 aliphatic rings. The molecule has 0 bridgehead atoms. The van der Waals surface area contributed by atoms with Gasteiger partial charge in [0, 0.05) is 47.9 Å². The van der Waals surface area contributed by atoms with Crippen molar-refractivity contribution in [1.82, 2.24) is 19.7 Å². The van der Waals surface area contributed by atoms with Crippen LogP contribution in [0, 0.1) is 5.92 Å². The molecule has 1 aliphatic heterocycles. The van der Waals surface area contributed by atoms with Crippen LogP contribution in [0.5, 0.6) is 0 Å². The van der Waals surface area contributed by atoms with Crippen LogP contribution in [-0.4, -0.2) is 43.2 Å². The summed E-state index contributed by atoms with van der Waals surface area (Å²) in [7, 11) is 0. The summed E-state index contributed by atoms with van der Waals surface area (Å²) in [5.74, 6) is -0.493. The van der Waals surface area contributed by atoms with Gasteiger partial charge in [-0.2, -0.15) is 5.10 Å². The molecule has 0 spiro atoms. The molecule has 5 rings (SSSR count). The number of carbonyl (C=O) groups excluding carboxylic acids is 1. The molecule has 0 radical (unpaired) electrons. The summed E-state index contributed by atoms with van der Waals surface area (Å²) in [6, 6.07) is 7.69. The number of carboxylic acid groups (broad SMARTS) is 1. The SMILES string of the molecule is O=C(O)c1nn(CC2CC2)c2c1CN(C(=O)c1c[nH]c3ccccc13)CC2. The lowest BCUT2D eigenvalue weighted by Gasteiger charge is -2.27. The first-order valence-corrected chi connectivity index (χ1v) is 9.29. The van der Waals surface area contributed by atoms with Gasteiger partial charge in [-0.05, 0) is 24.8 Å². The van der Waals surface area contributed by atoms with Crippen LogP contribution in [-0.2, 0) is 19.5 Å². The fourth-order valence-corrected chi connectivity index (χ4v) is 3.95. The Morgan fingerprint density at radius 1 is 1.26 bits per heavy atom. The number of rotatable bonds is 4. The minimum atomic E-state index is -1.03. The van der Waals surface area contributed by atoms with E-state index < -0.39 is 5.97 Å². The van der Waals surface area contributed by atoms with Gasteiger partial charge in [-0.25, -0.2) is 4.79 Å². The Bertz CT molecular complexity index is 1060. The van der Waals surface area contributed by atoms with Crippen LogP contribution in [0.2, 0.25) is 0 Å². The first-order chi connectivity index (χ1) is 13.1. The Morgan fingerprint density at radius 2 is 2.07 bits per heavy atom. The maximum absolute atomic E-state index is 13.1. The molecule has 27 heavy (non-hydrogen) atoms. The Balaban J connectivity index is 1.47. The van der Waals surface area contributed by atoms with Gasteiger partial charge in [-0.15, -0.1) is 0 Å². The number of hydrogen-bond acceptors (Lipinski definition) is 3. The molecule has 2 N–H and O–H groups in total. The second kappa shape index (κ2) is 5.97. The van der Waals surface area contributed by atoms with Gasteiger partial charge in [0.2, 0.25) is 0 Å². The highest BCUT2D eigenvalue weighted by Gasteiger charge is 2.32.